The predicted molar refractivity (Wildman–Crippen MR) is 246 cm³/mol. The molecule has 3 atom stereocenters. The second-order valence-corrected chi connectivity index (χ2v) is 17.2. The van der Waals surface area contributed by atoms with Gasteiger partial charge in [0.05, 0.1) is 25.2 Å². The van der Waals surface area contributed by atoms with Gasteiger partial charge in [-0.25, -0.2) is 0 Å². The smallest absolute Gasteiger partial charge is 0.306 e. The number of rotatable bonds is 45. The second kappa shape index (κ2) is 45.4. The number of esters is 1. The van der Waals surface area contributed by atoms with E-state index in [9.17, 15) is 19.8 Å². The molecule has 0 fully saturated rings. The zero-order chi connectivity index (χ0) is 41.7. The number of ether oxygens (including phenoxy) is 1. The van der Waals surface area contributed by atoms with E-state index in [2.05, 4.69) is 50.4 Å². The lowest BCUT2D eigenvalue weighted by atomic mass is 10.0. The van der Waals surface area contributed by atoms with Crippen LogP contribution in [0.5, 0.6) is 0 Å². The minimum Gasteiger partial charge on any atom is -0.462 e. The summed E-state index contributed by atoms with van der Waals surface area (Å²) in [7, 11) is 0. The van der Waals surface area contributed by atoms with Crippen molar-refractivity contribution in [1.29, 1.82) is 0 Å². The minimum atomic E-state index is -0.791. The molecule has 336 valence electrons. The zero-order valence-corrected chi connectivity index (χ0v) is 38.2. The third kappa shape index (κ3) is 40.9. The van der Waals surface area contributed by atoms with Gasteiger partial charge in [-0.05, 0) is 70.6 Å². The molecule has 0 saturated carbocycles. The molecule has 0 heterocycles. The monoisotopic (exact) mass is 804 g/mol. The number of amides is 1. The maximum atomic E-state index is 13.2. The van der Waals surface area contributed by atoms with E-state index < -0.39 is 18.2 Å². The number of hydrogen-bond acceptors (Lipinski definition) is 5. The van der Waals surface area contributed by atoms with Crippen LogP contribution in [-0.2, 0) is 14.3 Å². The molecule has 6 heteroatoms. The van der Waals surface area contributed by atoms with Crippen LogP contribution in [0.3, 0.4) is 0 Å². The van der Waals surface area contributed by atoms with E-state index in [0.29, 0.717) is 19.3 Å². The standard InChI is InChI=1S/C51H97NO5/c1-4-7-10-13-16-19-22-24-25-26-28-31-34-37-40-43-49(54)48(46-53)52-50(55)45-47(42-39-36-33-30-27-21-18-15-12-9-6-3)57-51(56)44-41-38-35-32-29-23-20-17-14-11-8-5-2/h17,20,30,33,47-49,53-54H,4-16,18-19,21-29,31-32,34-46H2,1-3H3,(H,52,55)/b20-17-,33-30-. The number of nitrogens with one attached hydrogen (secondary N) is 1. The molecule has 3 N–H and O–H groups in total. The van der Waals surface area contributed by atoms with Gasteiger partial charge in [-0.15, -0.1) is 0 Å². The first-order valence-corrected chi connectivity index (χ1v) is 25.1. The molecule has 0 aliphatic carbocycles. The van der Waals surface area contributed by atoms with Gasteiger partial charge in [0.1, 0.15) is 6.10 Å². The number of aliphatic hydroxyl groups excluding tert-OH is 2. The van der Waals surface area contributed by atoms with E-state index in [1.54, 1.807) is 0 Å². The summed E-state index contributed by atoms with van der Waals surface area (Å²) >= 11 is 0. The highest BCUT2D eigenvalue weighted by Crippen LogP contribution is 2.17. The van der Waals surface area contributed by atoms with Crippen LogP contribution in [0.4, 0.5) is 0 Å². The van der Waals surface area contributed by atoms with Crippen LogP contribution in [0.25, 0.3) is 0 Å². The molecule has 0 bridgehead atoms. The number of unbranched alkanes of at least 4 members (excludes halogenated alkanes) is 29. The van der Waals surface area contributed by atoms with Crippen molar-refractivity contribution in [3.8, 4) is 0 Å². The van der Waals surface area contributed by atoms with Crippen molar-refractivity contribution in [2.45, 2.75) is 283 Å². The van der Waals surface area contributed by atoms with Crippen molar-refractivity contribution in [2.75, 3.05) is 6.61 Å². The molecule has 57 heavy (non-hydrogen) atoms. The SMILES string of the molecule is CCCCC/C=C\CCCCCCCC(=O)OC(CCC/C=C\CCCCCCCC)CC(=O)NC(CO)C(O)CCCCCCCCCCCCCCCCC. The Bertz CT molecular complexity index is 904. The summed E-state index contributed by atoms with van der Waals surface area (Å²) in [5.41, 5.74) is 0. The molecule has 0 aliphatic rings. The molecule has 3 unspecified atom stereocenters. The Kier molecular flexibility index (Phi) is 44.1. The molecule has 1 amide bonds. The third-order valence-electron chi connectivity index (χ3n) is 11.5. The lowest BCUT2D eigenvalue weighted by Crippen LogP contribution is -2.46. The third-order valence-corrected chi connectivity index (χ3v) is 11.5. The van der Waals surface area contributed by atoms with Crippen LogP contribution in [-0.4, -0.2) is 46.9 Å². The van der Waals surface area contributed by atoms with Crippen LogP contribution in [0, 0.1) is 0 Å². The van der Waals surface area contributed by atoms with Gasteiger partial charge in [0.25, 0.3) is 0 Å². The van der Waals surface area contributed by atoms with E-state index in [1.807, 2.05) is 0 Å². The maximum Gasteiger partial charge on any atom is 0.306 e. The van der Waals surface area contributed by atoms with Gasteiger partial charge in [-0.1, -0.05) is 206 Å². The van der Waals surface area contributed by atoms with Gasteiger partial charge < -0.3 is 20.3 Å². The Morgan fingerprint density at radius 1 is 0.491 bits per heavy atom. The molecule has 0 spiro atoms. The lowest BCUT2D eigenvalue weighted by Gasteiger charge is -2.24. The molecule has 0 aromatic heterocycles. The van der Waals surface area contributed by atoms with Crippen LogP contribution < -0.4 is 5.32 Å². The van der Waals surface area contributed by atoms with E-state index in [0.717, 1.165) is 57.8 Å². The fourth-order valence-corrected chi connectivity index (χ4v) is 7.66. The summed E-state index contributed by atoms with van der Waals surface area (Å²) in [6.45, 7) is 6.45. The fraction of sp³-hybridized carbons (Fsp3) is 0.882. The van der Waals surface area contributed by atoms with Crippen molar-refractivity contribution in [3.63, 3.8) is 0 Å². The van der Waals surface area contributed by atoms with Crippen molar-refractivity contribution in [3.05, 3.63) is 24.3 Å². The van der Waals surface area contributed by atoms with E-state index in [-0.39, 0.29) is 24.9 Å². The number of carbonyl (C=O) groups is 2. The van der Waals surface area contributed by atoms with Gasteiger partial charge >= 0.3 is 5.97 Å². The van der Waals surface area contributed by atoms with E-state index >= 15 is 0 Å². The Morgan fingerprint density at radius 3 is 1.32 bits per heavy atom. The molecule has 0 saturated heterocycles. The van der Waals surface area contributed by atoms with Gasteiger partial charge in [0.2, 0.25) is 5.91 Å². The van der Waals surface area contributed by atoms with Crippen LogP contribution in [0.2, 0.25) is 0 Å². The van der Waals surface area contributed by atoms with Gasteiger partial charge in [-0.2, -0.15) is 0 Å². The van der Waals surface area contributed by atoms with Crippen LogP contribution >= 0.6 is 0 Å². The molecule has 0 aliphatic heterocycles. The summed E-state index contributed by atoms with van der Waals surface area (Å²) in [6, 6.07) is -0.707. The highest BCUT2D eigenvalue weighted by molar-refractivity contribution is 5.77. The number of aliphatic hydroxyl groups is 2. The number of carbonyl (C=O) groups excluding carboxylic acids is 2. The lowest BCUT2D eigenvalue weighted by molar-refractivity contribution is -0.151. The van der Waals surface area contributed by atoms with Gasteiger partial charge in [0.15, 0.2) is 0 Å². The fourth-order valence-electron chi connectivity index (χ4n) is 7.66. The number of allylic oxidation sites excluding steroid dienone is 4. The first kappa shape index (κ1) is 55.3. The van der Waals surface area contributed by atoms with Crippen molar-refractivity contribution in [1.82, 2.24) is 5.32 Å². The van der Waals surface area contributed by atoms with Gasteiger partial charge in [0, 0.05) is 6.42 Å². The molecular formula is C51H97NO5. The molecule has 0 aromatic carbocycles. The van der Waals surface area contributed by atoms with E-state index in [1.165, 1.54) is 161 Å². The van der Waals surface area contributed by atoms with Crippen molar-refractivity contribution < 1.29 is 24.5 Å². The summed E-state index contributed by atoms with van der Waals surface area (Å²) in [5, 5.41) is 23.7. The van der Waals surface area contributed by atoms with Gasteiger partial charge in [-0.3, -0.25) is 9.59 Å². The maximum absolute atomic E-state index is 13.2. The average Bonchev–Trinajstić information content (AvgIpc) is 3.20. The minimum absolute atomic E-state index is 0.0569. The highest BCUT2D eigenvalue weighted by Gasteiger charge is 2.24. The topological polar surface area (TPSA) is 95.9 Å². The summed E-state index contributed by atoms with van der Waals surface area (Å²) in [4.78, 5) is 26.0. The van der Waals surface area contributed by atoms with Crippen molar-refractivity contribution >= 4 is 11.9 Å². The quantitative estimate of drug-likeness (QED) is 0.0324. The Balaban J connectivity index is 4.53. The van der Waals surface area contributed by atoms with E-state index in [4.69, 9.17) is 4.74 Å². The average molecular weight is 804 g/mol. The first-order chi connectivity index (χ1) is 28.0. The molecule has 0 radical (unpaired) electrons. The summed E-state index contributed by atoms with van der Waals surface area (Å²) in [5.74, 6) is -0.506. The molecular weight excluding hydrogens is 707 g/mol. The number of hydrogen-bond donors (Lipinski definition) is 3. The zero-order valence-electron chi connectivity index (χ0n) is 38.2. The Morgan fingerprint density at radius 2 is 0.860 bits per heavy atom. The van der Waals surface area contributed by atoms with Crippen LogP contribution in [0.15, 0.2) is 24.3 Å². The highest BCUT2D eigenvalue weighted by atomic mass is 16.5. The normalized spacial score (nSPS) is 13.4. The van der Waals surface area contributed by atoms with Crippen molar-refractivity contribution in [2.24, 2.45) is 0 Å². The summed E-state index contributed by atoms with van der Waals surface area (Å²) < 4.78 is 5.89. The Hall–Kier alpha value is -1.66. The van der Waals surface area contributed by atoms with Crippen LogP contribution in [0.1, 0.15) is 265 Å². The summed E-state index contributed by atoms with van der Waals surface area (Å²) in [6.07, 6.45) is 51.0. The Labute approximate surface area is 354 Å². The molecule has 0 aromatic rings. The molecule has 6 nitrogen and oxygen atoms in total. The molecule has 0 rings (SSSR count). The predicted octanol–water partition coefficient (Wildman–Crippen LogP) is 14.7. The first-order valence-electron chi connectivity index (χ1n) is 25.1. The second-order valence-electron chi connectivity index (χ2n) is 17.2. The largest absolute Gasteiger partial charge is 0.462 e.